The van der Waals surface area contributed by atoms with Crippen LogP contribution < -0.4 is 5.32 Å². The van der Waals surface area contributed by atoms with Crippen molar-refractivity contribution in [2.45, 2.75) is 39.3 Å². The van der Waals surface area contributed by atoms with Gasteiger partial charge in [0.15, 0.2) is 0 Å². The first-order valence-corrected chi connectivity index (χ1v) is 7.24. The van der Waals surface area contributed by atoms with Gasteiger partial charge in [-0.3, -0.25) is 4.90 Å². The van der Waals surface area contributed by atoms with Crippen LogP contribution >= 0.6 is 0 Å². The van der Waals surface area contributed by atoms with Crippen molar-refractivity contribution in [3.8, 4) is 12.3 Å². The van der Waals surface area contributed by atoms with Crippen molar-refractivity contribution in [3.05, 3.63) is 23.7 Å². The number of terminal acetylenes is 1. The van der Waals surface area contributed by atoms with Gasteiger partial charge in [0.1, 0.15) is 5.76 Å². The lowest BCUT2D eigenvalue weighted by Gasteiger charge is -2.17. The standard InChI is InChI=1S/C16H24N2O/c1-3-7-17-10-15-9-16(19-13-15)12-18(8-4-2)11-14-5-6-14/h2,9,13-14,17H,3,5-8,10-12H2,1H3. The third-order valence-corrected chi connectivity index (χ3v) is 3.37. The van der Waals surface area contributed by atoms with Crippen LogP contribution in [0, 0.1) is 18.3 Å². The molecule has 3 nitrogen and oxygen atoms in total. The first-order chi connectivity index (χ1) is 9.31. The third-order valence-electron chi connectivity index (χ3n) is 3.37. The molecule has 2 rings (SSSR count). The van der Waals surface area contributed by atoms with E-state index in [1.807, 2.05) is 6.26 Å². The summed E-state index contributed by atoms with van der Waals surface area (Å²) in [5, 5.41) is 3.38. The van der Waals surface area contributed by atoms with Crippen LogP contribution in [0.1, 0.15) is 37.5 Å². The van der Waals surface area contributed by atoms with Crippen molar-refractivity contribution >= 4 is 0 Å². The van der Waals surface area contributed by atoms with Gasteiger partial charge in [-0.15, -0.1) is 6.42 Å². The summed E-state index contributed by atoms with van der Waals surface area (Å²) in [6, 6.07) is 2.14. The molecule has 1 aliphatic carbocycles. The smallest absolute Gasteiger partial charge is 0.118 e. The zero-order valence-corrected chi connectivity index (χ0v) is 11.8. The highest BCUT2D eigenvalue weighted by atomic mass is 16.3. The van der Waals surface area contributed by atoms with Crippen LogP contribution in [-0.4, -0.2) is 24.5 Å². The molecule has 1 heterocycles. The monoisotopic (exact) mass is 260 g/mol. The summed E-state index contributed by atoms with van der Waals surface area (Å²) < 4.78 is 5.62. The second kappa shape index (κ2) is 7.37. The molecule has 0 atom stereocenters. The predicted molar refractivity (Wildman–Crippen MR) is 77.5 cm³/mol. The fourth-order valence-corrected chi connectivity index (χ4v) is 2.21. The topological polar surface area (TPSA) is 28.4 Å². The SMILES string of the molecule is C#CCN(Cc1cc(CNCCC)co1)CC1CC1. The van der Waals surface area contributed by atoms with Crippen molar-refractivity contribution in [2.75, 3.05) is 19.6 Å². The van der Waals surface area contributed by atoms with Gasteiger partial charge in [-0.05, 0) is 37.8 Å². The van der Waals surface area contributed by atoms with Gasteiger partial charge in [-0.25, -0.2) is 0 Å². The molecule has 0 saturated heterocycles. The molecule has 1 aromatic heterocycles. The minimum Gasteiger partial charge on any atom is -0.468 e. The molecule has 0 aliphatic heterocycles. The zero-order valence-electron chi connectivity index (χ0n) is 11.8. The average molecular weight is 260 g/mol. The minimum atomic E-state index is 0.709. The molecule has 1 aromatic rings. The Morgan fingerprint density at radius 3 is 3.05 bits per heavy atom. The Balaban J connectivity index is 1.80. The van der Waals surface area contributed by atoms with Gasteiger partial charge < -0.3 is 9.73 Å². The van der Waals surface area contributed by atoms with Gasteiger partial charge >= 0.3 is 0 Å². The first kappa shape index (κ1) is 14.2. The number of furan rings is 1. The number of rotatable bonds is 9. The number of hydrogen-bond donors (Lipinski definition) is 1. The third kappa shape index (κ3) is 5.10. The molecule has 0 spiro atoms. The lowest BCUT2D eigenvalue weighted by Crippen LogP contribution is -2.25. The van der Waals surface area contributed by atoms with E-state index in [1.165, 1.54) is 18.4 Å². The molecular formula is C16H24N2O. The van der Waals surface area contributed by atoms with Crippen molar-refractivity contribution < 1.29 is 4.42 Å². The van der Waals surface area contributed by atoms with E-state index in [2.05, 4.69) is 29.1 Å². The van der Waals surface area contributed by atoms with Crippen molar-refractivity contribution in [2.24, 2.45) is 5.92 Å². The summed E-state index contributed by atoms with van der Waals surface area (Å²) in [5.74, 6) is 4.62. The molecule has 1 fully saturated rings. The summed E-state index contributed by atoms with van der Waals surface area (Å²) >= 11 is 0. The minimum absolute atomic E-state index is 0.709. The van der Waals surface area contributed by atoms with E-state index in [0.29, 0.717) is 6.54 Å². The Morgan fingerprint density at radius 2 is 2.37 bits per heavy atom. The average Bonchev–Trinajstić information content (AvgIpc) is 3.09. The largest absolute Gasteiger partial charge is 0.468 e. The van der Waals surface area contributed by atoms with E-state index >= 15 is 0 Å². The highest BCUT2D eigenvalue weighted by molar-refractivity contribution is 5.13. The number of hydrogen-bond acceptors (Lipinski definition) is 3. The fraction of sp³-hybridized carbons (Fsp3) is 0.625. The van der Waals surface area contributed by atoms with Crippen LogP contribution in [0.2, 0.25) is 0 Å². The molecule has 0 amide bonds. The zero-order chi connectivity index (χ0) is 13.5. The molecule has 0 radical (unpaired) electrons. The predicted octanol–water partition coefficient (Wildman–Crippen LogP) is 2.62. The first-order valence-electron chi connectivity index (χ1n) is 7.24. The molecule has 1 aliphatic rings. The highest BCUT2D eigenvalue weighted by Crippen LogP contribution is 2.30. The Hall–Kier alpha value is -1.24. The van der Waals surface area contributed by atoms with E-state index in [0.717, 1.165) is 44.3 Å². The highest BCUT2D eigenvalue weighted by Gasteiger charge is 2.24. The van der Waals surface area contributed by atoms with Crippen LogP contribution in [-0.2, 0) is 13.1 Å². The molecule has 1 N–H and O–H groups in total. The van der Waals surface area contributed by atoms with Gasteiger partial charge in [0.25, 0.3) is 0 Å². The van der Waals surface area contributed by atoms with Crippen LogP contribution in [0.5, 0.6) is 0 Å². The van der Waals surface area contributed by atoms with E-state index in [1.54, 1.807) is 0 Å². The molecule has 104 valence electrons. The summed E-state index contributed by atoms with van der Waals surface area (Å²) in [6.45, 7) is 6.74. The maximum Gasteiger partial charge on any atom is 0.118 e. The van der Waals surface area contributed by atoms with Gasteiger partial charge in [-0.2, -0.15) is 0 Å². The molecular weight excluding hydrogens is 236 g/mol. The van der Waals surface area contributed by atoms with Gasteiger partial charge in [0.05, 0.1) is 19.4 Å². The molecule has 0 unspecified atom stereocenters. The molecule has 0 bridgehead atoms. The lowest BCUT2D eigenvalue weighted by molar-refractivity contribution is 0.262. The van der Waals surface area contributed by atoms with Gasteiger partial charge in [0.2, 0.25) is 0 Å². The Bertz CT molecular complexity index is 415. The quantitative estimate of drug-likeness (QED) is 0.546. The second-order valence-corrected chi connectivity index (χ2v) is 5.42. The second-order valence-electron chi connectivity index (χ2n) is 5.42. The lowest BCUT2D eigenvalue weighted by atomic mass is 10.2. The van der Waals surface area contributed by atoms with Crippen LogP contribution in [0.4, 0.5) is 0 Å². The molecule has 19 heavy (non-hydrogen) atoms. The summed E-state index contributed by atoms with van der Waals surface area (Å²) in [6.07, 6.45) is 11.1. The van der Waals surface area contributed by atoms with Crippen molar-refractivity contribution in [1.82, 2.24) is 10.2 Å². The Labute approximate surface area is 116 Å². The summed E-state index contributed by atoms with van der Waals surface area (Å²) in [5.41, 5.74) is 1.22. The number of nitrogens with one attached hydrogen (secondary N) is 1. The van der Waals surface area contributed by atoms with E-state index in [-0.39, 0.29) is 0 Å². The van der Waals surface area contributed by atoms with Crippen molar-refractivity contribution in [1.29, 1.82) is 0 Å². The Kier molecular flexibility index (Phi) is 5.50. The van der Waals surface area contributed by atoms with E-state index in [9.17, 15) is 0 Å². The maximum atomic E-state index is 5.62. The summed E-state index contributed by atoms with van der Waals surface area (Å²) in [4.78, 5) is 2.31. The normalized spacial score (nSPS) is 14.8. The maximum absolute atomic E-state index is 5.62. The van der Waals surface area contributed by atoms with Crippen LogP contribution in [0.25, 0.3) is 0 Å². The fourth-order valence-electron chi connectivity index (χ4n) is 2.21. The molecule has 3 heteroatoms. The van der Waals surface area contributed by atoms with E-state index < -0.39 is 0 Å². The molecule has 0 aromatic carbocycles. The van der Waals surface area contributed by atoms with Crippen LogP contribution in [0.3, 0.4) is 0 Å². The number of nitrogens with zero attached hydrogens (tertiary/aromatic N) is 1. The van der Waals surface area contributed by atoms with Crippen LogP contribution in [0.15, 0.2) is 16.7 Å². The molecule has 1 saturated carbocycles. The van der Waals surface area contributed by atoms with Gasteiger partial charge in [-0.1, -0.05) is 12.8 Å². The summed E-state index contributed by atoms with van der Waals surface area (Å²) in [7, 11) is 0. The van der Waals surface area contributed by atoms with Gasteiger partial charge in [0, 0.05) is 18.7 Å². The van der Waals surface area contributed by atoms with Crippen molar-refractivity contribution in [3.63, 3.8) is 0 Å². The van der Waals surface area contributed by atoms with E-state index in [4.69, 9.17) is 10.8 Å². The Morgan fingerprint density at radius 1 is 1.53 bits per heavy atom.